The zero-order valence-electron chi connectivity index (χ0n) is 11.2. The van der Waals surface area contributed by atoms with Crippen LogP contribution in [0.25, 0.3) is 0 Å². The van der Waals surface area contributed by atoms with Crippen molar-refractivity contribution >= 4 is 31.9 Å². The van der Waals surface area contributed by atoms with Crippen molar-refractivity contribution < 1.29 is 13.2 Å². The molecular weight excluding hydrogens is 344 g/mol. The molecular formula is C13H17BrN2O3S. The molecule has 0 aliphatic carbocycles. The number of sulfonamides is 1. The summed E-state index contributed by atoms with van der Waals surface area (Å²) in [6, 6.07) is 4.48. The van der Waals surface area contributed by atoms with Crippen LogP contribution in [0.2, 0.25) is 0 Å². The molecule has 0 saturated carbocycles. The number of benzene rings is 1. The van der Waals surface area contributed by atoms with E-state index < -0.39 is 10.0 Å². The summed E-state index contributed by atoms with van der Waals surface area (Å²) in [4.78, 5) is 14.1. The Morgan fingerprint density at radius 1 is 1.35 bits per heavy atom. The van der Waals surface area contributed by atoms with Crippen LogP contribution in [0, 0.1) is 5.92 Å². The maximum absolute atomic E-state index is 12.4. The van der Waals surface area contributed by atoms with Crippen LogP contribution >= 0.6 is 15.9 Å². The Bertz CT molecular complexity index is 623. The van der Waals surface area contributed by atoms with Crippen LogP contribution in [0.15, 0.2) is 27.6 Å². The third-order valence-electron chi connectivity index (χ3n) is 3.56. The van der Waals surface area contributed by atoms with Gasteiger partial charge in [0.1, 0.15) is 0 Å². The highest BCUT2D eigenvalue weighted by atomic mass is 79.9. The minimum absolute atomic E-state index is 0.0614. The second-order valence-corrected chi connectivity index (χ2v) is 7.55. The Labute approximate surface area is 127 Å². The number of hydrogen-bond acceptors (Lipinski definition) is 3. The van der Waals surface area contributed by atoms with Gasteiger partial charge in [0.25, 0.3) is 5.91 Å². The molecule has 0 spiro atoms. The molecule has 1 aliphatic heterocycles. The summed E-state index contributed by atoms with van der Waals surface area (Å²) in [5, 5.41) is 5.14. The molecule has 1 amide bonds. The molecule has 2 rings (SSSR count). The Hall–Kier alpha value is -0.920. The SMILES string of the molecule is CC1CCN(C(=O)c2ccc(Br)c(S(N)(=O)=O)c2)CC1. The number of amides is 1. The average molecular weight is 361 g/mol. The van der Waals surface area contributed by atoms with Crippen LogP contribution < -0.4 is 5.14 Å². The molecule has 1 heterocycles. The smallest absolute Gasteiger partial charge is 0.253 e. The largest absolute Gasteiger partial charge is 0.339 e. The van der Waals surface area contributed by atoms with Gasteiger partial charge in [0, 0.05) is 23.1 Å². The number of nitrogens with zero attached hydrogens (tertiary/aromatic N) is 1. The summed E-state index contributed by atoms with van der Waals surface area (Å²) in [6.07, 6.45) is 1.95. The lowest BCUT2D eigenvalue weighted by Gasteiger charge is -2.30. The topological polar surface area (TPSA) is 80.5 Å². The first-order valence-corrected chi connectivity index (χ1v) is 8.74. The summed E-state index contributed by atoms with van der Waals surface area (Å²) < 4.78 is 23.3. The molecule has 1 aromatic carbocycles. The molecule has 110 valence electrons. The second kappa shape index (κ2) is 5.83. The Morgan fingerprint density at radius 3 is 2.50 bits per heavy atom. The molecule has 0 bridgehead atoms. The summed E-state index contributed by atoms with van der Waals surface area (Å²) in [6.45, 7) is 3.59. The van der Waals surface area contributed by atoms with Crippen LogP contribution in [0.3, 0.4) is 0 Å². The number of rotatable bonds is 2. The van der Waals surface area contributed by atoms with E-state index in [-0.39, 0.29) is 10.8 Å². The molecule has 0 aromatic heterocycles. The highest BCUT2D eigenvalue weighted by Crippen LogP contribution is 2.24. The maximum atomic E-state index is 12.4. The number of carbonyl (C=O) groups is 1. The van der Waals surface area contributed by atoms with Gasteiger partial charge in [-0.2, -0.15) is 0 Å². The van der Waals surface area contributed by atoms with Crippen molar-refractivity contribution in [2.45, 2.75) is 24.7 Å². The fraction of sp³-hybridized carbons (Fsp3) is 0.462. The Kier molecular flexibility index (Phi) is 4.51. The van der Waals surface area contributed by atoms with Gasteiger partial charge < -0.3 is 4.90 Å². The molecule has 0 atom stereocenters. The number of carbonyl (C=O) groups excluding carboxylic acids is 1. The highest BCUT2D eigenvalue weighted by Gasteiger charge is 2.23. The van der Waals surface area contributed by atoms with Gasteiger partial charge >= 0.3 is 0 Å². The van der Waals surface area contributed by atoms with Gasteiger partial charge in [0.2, 0.25) is 10.0 Å². The van der Waals surface area contributed by atoms with E-state index in [1.54, 1.807) is 17.0 Å². The molecule has 0 radical (unpaired) electrons. The van der Waals surface area contributed by atoms with Gasteiger partial charge in [-0.05, 0) is 52.9 Å². The molecule has 1 aliphatic rings. The maximum Gasteiger partial charge on any atom is 0.253 e. The predicted molar refractivity (Wildman–Crippen MR) is 79.8 cm³/mol. The van der Waals surface area contributed by atoms with E-state index in [1.165, 1.54) is 6.07 Å². The van der Waals surface area contributed by atoms with E-state index in [2.05, 4.69) is 22.9 Å². The lowest BCUT2D eigenvalue weighted by atomic mass is 9.98. The van der Waals surface area contributed by atoms with E-state index in [1.807, 2.05) is 0 Å². The summed E-state index contributed by atoms with van der Waals surface area (Å²) in [5.41, 5.74) is 0.353. The minimum atomic E-state index is -3.85. The van der Waals surface area contributed by atoms with Crippen LogP contribution in [-0.2, 0) is 10.0 Å². The van der Waals surface area contributed by atoms with Crippen LogP contribution in [0.4, 0.5) is 0 Å². The van der Waals surface area contributed by atoms with E-state index in [4.69, 9.17) is 5.14 Å². The number of halogens is 1. The quantitative estimate of drug-likeness (QED) is 0.875. The molecule has 20 heavy (non-hydrogen) atoms. The van der Waals surface area contributed by atoms with Gasteiger partial charge in [0.05, 0.1) is 4.90 Å². The van der Waals surface area contributed by atoms with E-state index >= 15 is 0 Å². The Balaban J connectivity index is 2.27. The number of likely N-dealkylation sites (tertiary alicyclic amines) is 1. The average Bonchev–Trinajstić information content (AvgIpc) is 2.38. The lowest BCUT2D eigenvalue weighted by Crippen LogP contribution is -2.38. The molecule has 0 unspecified atom stereocenters. The summed E-state index contributed by atoms with van der Waals surface area (Å²) in [7, 11) is -3.85. The van der Waals surface area contributed by atoms with Crippen molar-refractivity contribution in [1.82, 2.24) is 4.90 Å². The standard InChI is InChI=1S/C13H17BrN2O3S/c1-9-4-6-16(7-5-9)13(17)10-2-3-11(14)12(8-10)20(15,18)19/h2-3,8-9H,4-7H2,1H3,(H2,15,18,19). The van der Waals surface area contributed by atoms with E-state index in [0.717, 1.165) is 12.8 Å². The summed E-state index contributed by atoms with van der Waals surface area (Å²) >= 11 is 3.14. The predicted octanol–water partition coefficient (Wildman–Crippen LogP) is 1.97. The van der Waals surface area contributed by atoms with Crippen molar-refractivity contribution in [3.63, 3.8) is 0 Å². The van der Waals surface area contributed by atoms with Crippen LogP contribution in [-0.4, -0.2) is 32.3 Å². The molecule has 5 nitrogen and oxygen atoms in total. The zero-order chi connectivity index (χ0) is 14.9. The summed E-state index contributed by atoms with van der Waals surface area (Å²) in [5.74, 6) is 0.484. The molecule has 2 N–H and O–H groups in total. The number of hydrogen-bond donors (Lipinski definition) is 1. The number of piperidine rings is 1. The van der Waals surface area contributed by atoms with E-state index in [0.29, 0.717) is 29.0 Å². The normalized spacial score (nSPS) is 17.2. The highest BCUT2D eigenvalue weighted by molar-refractivity contribution is 9.10. The van der Waals surface area contributed by atoms with Crippen molar-refractivity contribution in [2.75, 3.05) is 13.1 Å². The molecule has 1 saturated heterocycles. The van der Waals surface area contributed by atoms with Gasteiger partial charge in [-0.3, -0.25) is 4.79 Å². The third kappa shape index (κ3) is 3.39. The van der Waals surface area contributed by atoms with E-state index in [9.17, 15) is 13.2 Å². The van der Waals surface area contributed by atoms with Crippen molar-refractivity contribution in [3.05, 3.63) is 28.2 Å². The van der Waals surface area contributed by atoms with Gasteiger partial charge in [-0.15, -0.1) is 0 Å². The second-order valence-electron chi connectivity index (χ2n) is 5.16. The van der Waals surface area contributed by atoms with Crippen molar-refractivity contribution in [2.24, 2.45) is 11.1 Å². The minimum Gasteiger partial charge on any atom is -0.339 e. The molecule has 1 aromatic rings. The molecule has 7 heteroatoms. The van der Waals surface area contributed by atoms with Gasteiger partial charge in [0.15, 0.2) is 0 Å². The fourth-order valence-electron chi connectivity index (χ4n) is 2.25. The van der Waals surface area contributed by atoms with Crippen molar-refractivity contribution in [3.8, 4) is 0 Å². The zero-order valence-corrected chi connectivity index (χ0v) is 13.6. The van der Waals surface area contributed by atoms with Crippen LogP contribution in [0.5, 0.6) is 0 Å². The first kappa shape index (κ1) is 15.5. The first-order chi connectivity index (χ1) is 9.29. The van der Waals surface area contributed by atoms with Crippen molar-refractivity contribution in [1.29, 1.82) is 0 Å². The van der Waals surface area contributed by atoms with Gasteiger partial charge in [-0.25, -0.2) is 13.6 Å². The number of primary sulfonamides is 1. The first-order valence-electron chi connectivity index (χ1n) is 6.40. The van der Waals surface area contributed by atoms with Crippen LogP contribution in [0.1, 0.15) is 30.1 Å². The molecule has 1 fully saturated rings. The third-order valence-corrected chi connectivity index (χ3v) is 5.46. The Morgan fingerprint density at radius 2 is 1.95 bits per heavy atom. The number of nitrogens with two attached hydrogens (primary N) is 1. The fourth-order valence-corrected chi connectivity index (χ4v) is 3.80. The van der Waals surface area contributed by atoms with Gasteiger partial charge in [-0.1, -0.05) is 6.92 Å². The lowest BCUT2D eigenvalue weighted by molar-refractivity contribution is 0.0697. The monoisotopic (exact) mass is 360 g/mol.